The van der Waals surface area contributed by atoms with Crippen LogP contribution in [0.2, 0.25) is 5.02 Å². The van der Waals surface area contributed by atoms with Gasteiger partial charge in [0, 0.05) is 10.8 Å². The Hall–Kier alpha value is -2.06. The highest BCUT2D eigenvalue weighted by Gasteiger charge is 2.22. The minimum Gasteiger partial charge on any atom is -0.733 e. The van der Waals surface area contributed by atoms with Gasteiger partial charge in [0.05, 0.1) is 17.9 Å². The quantitative estimate of drug-likeness (QED) is 0.828. The summed E-state index contributed by atoms with van der Waals surface area (Å²) in [5.74, 6) is 0.488. The molecule has 0 aliphatic carbocycles. The lowest BCUT2D eigenvalue weighted by molar-refractivity contribution is 0.222. The molecule has 1 N–H and O–H groups in total. The maximum Gasteiger partial charge on any atom is 0.302 e. The van der Waals surface area contributed by atoms with E-state index in [-0.39, 0.29) is 22.7 Å². The molecule has 0 aromatic heterocycles. The van der Waals surface area contributed by atoms with E-state index >= 15 is 0 Å². The molecule has 0 saturated carbocycles. The van der Waals surface area contributed by atoms with Gasteiger partial charge in [-0.1, -0.05) is 47.6 Å². The van der Waals surface area contributed by atoms with Crippen molar-refractivity contribution in [2.75, 3.05) is 11.0 Å². The van der Waals surface area contributed by atoms with E-state index in [0.717, 1.165) is 23.0 Å². The Morgan fingerprint density at radius 1 is 1.29 bits per heavy atom. The third-order valence-electron chi connectivity index (χ3n) is 3.43. The molecule has 0 unspecified atom stereocenters. The van der Waals surface area contributed by atoms with Crippen molar-refractivity contribution in [3.8, 4) is 0 Å². The molecule has 1 aliphatic heterocycles. The first-order chi connectivity index (χ1) is 11.5. The number of amides is 1. The number of thioether (sulfide) groups is 1. The summed E-state index contributed by atoms with van der Waals surface area (Å²) in [5.41, 5.74) is 2.48. The number of anilines is 1. The van der Waals surface area contributed by atoms with Gasteiger partial charge in [0.2, 0.25) is 0 Å². The van der Waals surface area contributed by atoms with Crippen LogP contribution < -0.4 is 5.23 Å². The molecule has 1 aliphatic rings. The van der Waals surface area contributed by atoms with E-state index in [0.29, 0.717) is 16.3 Å². The average molecular weight is 363 g/mol. The highest BCUT2D eigenvalue weighted by Crippen LogP contribution is 2.23. The number of hydrogen-bond donors (Lipinski definition) is 1. The van der Waals surface area contributed by atoms with Crippen LogP contribution in [0.3, 0.4) is 0 Å². The van der Waals surface area contributed by atoms with Gasteiger partial charge in [-0.2, -0.15) is 5.10 Å². The van der Waals surface area contributed by atoms with Crippen molar-refractivity contribution in [2.24, 2.45) is 5.10 Å². The lowest BCUT2D eigenvalue weighted by Gasteiger charge is -2.25. The van der Waals surface area contributed by atoms with Gasteiger partial charge in [-0.15, -0.1) is 0 Å². The molecule has 124 valence electrons. The minimum absolute atomic E-state index is 0.103. The summed E-state index contributed by atoms with van der Waals surface area (Å²) >= 11 is 7.06. The van der Waals surface area contributed by atoms with E-state index in [1.165, 1.54) is 17.1 Å². The Balaban J connectivity index is 1.83. The van der Waals surface area contributed by atoms with E-state index in [1.54, 1.807) is 24.3 Å². The molecule has 0 atom stereocenters. The normalized spacial score (nSPS) is 14.5. The number of hydrogen-bond acceptors (Lipinski definition) is 6. The van der Waals surface area contributed by atoms with Crippen LogP contribution >= 0.6 is 23.4 Å². The van der Waals surface area contributed by atoms with Crippen LogP contribution in [-0.4, -0.2) is 26.9 Å². The number of nitrogens with zero attached hydrogens (tertiary/aromatic N) is 3. The third kappa shape index (κ3) is 3.88. The molecule has 0 spiro atoms. The second-order valence-corrected chi connectivity index (χ2v) is 6.47. The van der Waals surface area contributed by atoms with Crippen molar-refractivity contribution in [3.05, 3.63) is 69.9 Å². The molecular weight excluding hydrogens is 350 g/mol. The predicted molar refractivity (Wildman–Crippen MR) is 95.5 cm³/mol. The topological polar surface area (TPSA) is 79.2 Å². The molecule has 0 bridgehead atoms. The van der Waals surface area contributed by atoms with Crippen LogP contribution in [0.25, 0.3) is 0 Å². The fraction of sp³-hybridized carbons (Fsp3) is 0.125. The van der Waals surface area contributed by atoms with Crippen molar-refractivity contribution in [3.63, 3.8) is 0 Å². The number of benzene rings is 2. The highest BCUT2D eigenvalue weighted by molar-refractivity contribution is 8.14. The van der Waals surface area contributed by atoms with E-state index < -0.39 is 0 Å². The second-order valence-electron chi connectivity index (χ2n) is 5.11. The first-order valence-corrected chi connectivity index (χ1v) is 8.42. The summed E-state index contributed by atoms with van der Waals surface area (Å²) < 4.78 is 0. The molecule has 24 heavy (non-hydrogen) atoms. The summed E-state index contributed by atoms with van der Waals surface area (Å²) in [5, 5.41) is 26.0. The number of halogens is 1. The lowest BCUT2D eigenvalue weighted by Crippen LogP contribution is -2.29. The number of carbonyl (C=O) groups is 1. The molecule has 2 aromatic carbocycles. The Kier molecular flexibility index (Phi) is 5.06. The van der Waals surface area contributed by atoms with Crippen molar-refractivity contribution < 1.29 is 10.0 Å². The average Bonchev–Trinajstić information content (AvgIpc) is 2.58. The summed E-state index contributed by atoms with van der Waals surface area (Å²) in [6.07, 6.45) is 0. The van der Waals surface area contributed by atoms with E-state index in [2.05, 4.69) is 5.10 Å². The Morgan fingerprint density at radius 3 is 2.75 bits per heavy atom. The zero-order valence-corrected chi connectivity index (χ0v) is 14.0. The standard InChI is InChI=1S/C16H13ClN3O3S/c17-13-6-4-12(5-7-13)15-10-24-16(21)19(18-15)9-11-2-1-3-14(8-11)20(22)23/h1-8,22H,9-10H2/q-1. The van der Waals surface area contributed by atoms with E-state index in [4.69, 9.17) is 16.8 Å². The van der Waals surface area contributed by atoms with Crippen LogP contribution in [0.5, 0.6) is 0 Å². The fourth-order valence-electron chi connectivity index (χ4n) is 2.25. The van der Waals surface area contributed by atoms with Crippen molar-refractivity contribution in [1.82, 2.24) is 5.01 Å². The maximum absolute atomic E-state index is 12.1. The van der Waals surface area contributed by atoms with Gasteiger partial charge in [0.15, 0.2) is 0 Å². The van der Waals surface area contributed by atoms with E-state index in [1.807, 2.05) is 12.1 Å². The fourth-order valence-corrected chi connectivity index (χ4v) is 3.11. The molecule has 0 fully saturated rings. The first kappa shape index (κ1) is 16.8. The Labute approximate surface area is 147 Å². The summed E-state index contributed by atoms with van der Waals surface area (Å²) in [6, 6.07) is 13.7. The number of carbonyl (C=O) groups excluding carboxylic acids is 1. The zero-order valence-electron chi connectivity index (χ0n) is 12.4. The van der Waals surface area contributed by atoms with Gasteiger partial charge < -0.3 is 10.4 Å². The van der Waals surface area contributed by atoms with E-state index in [9.17, 15) is 10.0 Å². The molecule has 1 amide bonds. The first-order valence-electron chi connectivity index (χ1n) is 7.06. The third-order valence-corrected chi connectivity index (χ3v) is 4.55. The molecule has 3 rings (SSSR count). The van der Waals surface area contributed by atoms with Crippen LogP contribution in [0, 0.1) is 5.21 Å². The highest BCUT2D eigenvalue weighted by atomic mass is 35.5. The Morgan fingerprint density at radius 2 is 2.04 bits per heavy atom. The predicted octanol–water partition coefficient (Wildman–Crippen LogP) is 4.11. The lowest BCUT2D eigenvalue weighted by atomic mass is 10.1. The second kappa shape index (κ2) is 7.23. The summed E-state index contributed by atoms with van der Waals surface area (Å²) in [7, 11) is 0. The van der Waals surface area contributed by atoms with Gasteiger partial charge in [0.1, 0.15) is 0 Å². The van der Waals surface area contributed by atoms with Gasteiger partial charge in [-0.3, -0.25) is 10.0 Å². The number of rotatable bonds is 4. The van der Waals surface area contributed by atoms with Crippen LogP contribution in [0.4, 0.5) is 10.5 Å². The summed E-state index contributed by atoms with van der Waals surface area (Å²) in [6.45, 7) is 0.213. The van der Waals surface area contributed by atoms with Crippen LogP contribution in [-0.2, 0) is 6.54 Å². The molecule has 0 radical (unpaired) electrons. The molecule has 0 saturated heterocycles. The largest absolute Gasteiger partial charge is 0.733 e. The minimum atomic E-state index is -0.210. The van der Waals surface area contributed by atoms with Crippen molar-refractivity contribution in [1.29, 1.82) is 0 Å². The van der Waals surface area contributed by atoms with Gasteiger partial charge in [-0.25, -0.2) is 5.01 Å². The number of hydrazone groups is 1. The molecule has 6 nitrogen and oxygen atoms in total. The monoisotopic (exact) mass is 362 g/mol. The van der Waals surface area contributed by atoms with Gasteiger partial charge >= 0.3 is 5.24 Å². The van der Waals surface area contributed by atoms with Gasteiger partial charge in [0.25, 0.3) is 0 Å². The summed E-state index contributed by atoms with van der Waals surface area (Å²) in [4.78, 5) is 12.1. The van der Waals surface area contributed by atoms with Crippen molar-refractivity contribution in [2.45, 2.75) is 6.54 Å². The maximum atomic E-state index is 12.1. The van der Waals surface area contributed by atoms with Crippen LogP contribution in [0.1, 0.15) is 11.1 Å². The molecule has 2 aromatic rings. The van der Waals surface area contributed by atoms with Gasteiger partial charge in [-0.05, 0) is 35.4 Å². The van der Waals surface area contributed by atoms with Crippen LogP contribution in [0.15, 0.2) is 53.6 Å². The molecule has 8 heteroatoms. The smallest absolute Gasteiger partial charge is 0.302 e. The molecule has 1 heterocycles. The zero-order chi connectivity index (χ0) is 17.1. The molecular formula is C16H13ClN3O3S-. The van der Waals surface area contributed by atoms with Crippen molar-refractivity contribution >= 4 is 40.0 Å². The Bertz CT molecular complexity index is 780. The SMILES string of the molecule is O=C1SCC(c2ccc(Cl)cc2)=NN1Cc1cccc(N([O-])O)c1.